The van der Waals surface area contributed by atoms with E-state index in [2.05, 4.69) is 23.5 Å². The molecule has 0 saturated carbocycles. The summed E-state index contributed by atoms with van der Waals surface area (Å²) < 4.78 is 17.0. The minimum Gasteiger partial charge on any atom is -0.497 e. The Hall–Kier alpha value is -2.69. The first-order valence-corrected chi connectivity index (χ1v) is 10.5. The molecule has 0 unspecified atom stereocenters. The van der Waals surface area contributed by atoms with Crippen LogP contribution in [0.5, 0.6) is 17.2 Å². The van der Waals surface area contributed by atoms with Crippen LogP contribution in [0, 0.1) is 0 Å². The third kappa shape index (κ3) is 6.68. The molecule has 3 aromatic carbocycles. The van der Waals surface area contributed by atoms with Crippen LogP contribution in [0.15, 0.2) is 66.7 Å². The van der Waals surface area contributed by atoms with E-state index in [0.29, 0.717) is 13.2 Å². The molecule has 0 radical (unpaired) electrons. The van der Waals surface area contributed by atoms with E-state index in [1.54, 1.807) is 7.11 Å². The first-order valence-electron chi connectivity index (χ1n) is 10.1. The monoisotopic (exact) mass is 425 g/mol. The molecule has 0 fully saturated rings. The fourth-order valence-electron chi connectivity index (χ4n) is 3.05. The summed E-state index contributed by atoms with van der Waals surface area (Å²) in [4.78, 5) is 0. The maximum Gasteiger partial charge on any atom is 0.161 e. The summed E-state index contributed by atoms with van der Waals surface area (Å²) in [5.74, 6) is 2.39. The van der Waals surface area contributed by atoms with Crippen LogP contribution >= 0.6 is 11.6 Å². The zero-order valence-corrected chi connectivity index (χ0v) is 18.2. The molecule has 1 N–H and O–H groups in total. The molecule has 0 atom stereocenters. The SMILES string of the molecule is CCOc1cc(CNCCc2ccc(OC)cc2)ccc1OCc1ccc(Cl)cc1. The lowest BCUT2D eigenvalue weighted by Gasteiger charge is -2.14. The van der Waals surface area contributed by atoms with Crippen molar-refractivity contribution < 1.29 is 14.2 Å². The molecule has 3 rings (SSSR count). The Kier molecular flexibility index (Phi) is 8.42. The molecule has 3 aromatic rings. The Morgan fingerprint density at radius 1 is 0.800 bits per heavy atom. The van der Waals surface area contributed by atoms with Gasteiger partial charge in [-0.25, -0.2) is 0 Å². The summed E-state index contributed by atoms with van der Waals surface area (Å²) >= 11 is 5.94. The molecule has 0 saturated heterocycles. The Morgan fingerprint density at radius 3 is 2.20 bits per heavy atom. The smallest absolute Gasteiger partial charge is 0.161 e. The van der Waals surface area contributed by atoms with Gasteiger partial charge in [-0.2, -0.15) is 0 Å². The Balaban J connectivity index is 1.52. The van der Waals surface area contributed by atoms with E-state index in [9.17, 15) is 0 Å². The van der Waals surface area contributed by atoms with Crippen molar-refractivity contribution in [2.45, 2.75) is 26.5 Å². The van der Waals surface area contributed by atoms with E-state index < -0.39 is 0 Å². The highest BCUT2D eigenvalue weighted by Gasteiger charge is 2.07. The highest BCUT2D eigenvalue weighted by Crippen LogP contribution is 2.29. The number of hydrogen-bond donors (Lipinski definition) is 1. The summed E-state index contributed by atoms with van der Waals surface area (Å²) in [5.41, 5.74) is 3.50. The third-order valence-corrected chi connectivity index (χ3v) is 4.95. The molecule has 0 aliphatic rings. The lowest BCUT2D eigenvalue weighted by atomic mass is 10.1. The molecule has 0 aliphatic heterocycles. The molecule has 0 heterocycles. The van der Waals surface area contributed by atoms with Crippen LogP contribution in [0.4, 0.5) is 0 Å². The average Bonchev–Trinajstić information content (AvgIpc) is 2.78. The van der Waals surface area contributed by atoms with Crippen molar-refractivity contribution in [2.24, 2.45) is 0 Å². The molecule has 0 aliphatic carbocycles. The van der Waals surface area contributed by atoms with Crippen LogP contribution in [0.1, 0.15) is 23.6 Å². The van der Waals surface area contributed by atoms with Gasteiger partial charge in [-0.3, -0.25) is 0 Å². The first-order chi connectivity index (χ1) is 14.7. The van der Waals surface area contributed by atoms with E-state index in [1.807, 2.05) is 55.5 Å². The van der Waals surface area contributed by atoms with Gasteiger partial charge in [-0.15, -0.1) is 0 Å². The second-order valence-corrected chi connectivity index (χ2v) is 7.34. The maximum absolute atomic E-state index is 5.97. The molecule has 158 valence electrons. The van der Waals surface area contributed by atoms with E-state index in [1.165, 1.54) is 5.56 Å². The van der Waals surface area contributed by atoms with Crippen molar-refractivity contribution in [3.05, 3.63) is 88.4 Å². The lowest BCUT2D eigenvalue weighted by Crippen LogP contribution is -2.16. The van der Waals surface area contributed by atoms with E-state index >= 15 is 0 Å². The Labute approximate surface area is 183 Å². The van der Waals surface area contributed by atoms with Crippen LogP contribution in [-0.4, -0.2) is 20.3 Å². The normalized spacial score (nSPS) is 10.6. The molecular formula is C25H28ClNO3. The molecule has 4 nitrogen and oxygen atoms in total. The molecule has 5 heteroatoms. The molecule has 0 spiro atoms. The van der Waals surface area contributed by atoms with Crippen molar-refractivity contribution >= 4 is 11.6 Å². The largest absolute Gasteiger partial charge is 0.497 e. The lowest BCUT2D eigenvalue weighted by molar-refractivity contribution is 0.269. The van der Waals surface area contributed by atoms with Gasteiger partial charge in [0.2, 0.25) is 0 Å². The molecule has 30 heavy (non-hydrogen) atoms. The summed E-state index contributed by atoms with van der Waals surface area (Å²) in [6.45, 7) is 4.70. The van der Waals surface area contributed by atoms with Gasteiger partial charge in [-0.1, -0.05) is 41.9 Å². The van der Waals surface area contributed by atoms with Crippen molar-refractivity contribution in [1.82, 2.24) is 5.32 Å². The van der Waals surface area contributed by atoms with Gasteiger partial charge in [0.15, 0.2) is 11.5 Å². The second kappa shape index (κ2) is 11.5. The molecule has 0 aromatic heterocycles. The minimum absolute atomic E-state index is 0.469. The van der Waals surface area contributed by atoms with Gasteiger partial charge < -0.3 is 19.5 Å². The molecule has 0 amide bonds. The second-order valence-electron chi connectivity index (χ2n) is 6.90. The number of halogens is 1. The Bertz CT molecular complexity index is 911. The summed E-state index contributed by atoms with van der Waals surface area (Å²) in [6.07, 6.45) is 0.963. The molecular weight excluding hydrogens is 398 g/mol. The van der Waals surface area contributed by atoms with E-state index in [0.717, 1.165) is 52.9 Å². The number of rotatable bonds is 11. The van der Waals surface area contributed by atoms with Crippen LogP contribution in [-0.2, 0) is 19.6 Å². The van der Waals surface area contributed by atoms with E-state index in [-0.39, 0.29) is 0 Å². The molecule has 0 bridgehead atoms. The predicted molar refractivity (Wildman–Crippen MR) is 122 cm³/mol. The van der Waals surface area contributed by atoms with Crippen LogP contribution in [0.3, 0.4) is 0 Å². The van der Waals surface area contributed by atoms with Crippen molar-refractivity contribution in [3.63, 3.8) is 0 Å². The highest BCUT2D eigenvalue weighted by atomic mass is 35.5. The fourth-order valence-corrected chi connectivity index (χ4v) is 3.18. The van der Waals surface area contributed by atoms with E-state index in [4.69, 9.17) is 25.8 Å². The zero-order valence-electron chi connectivity index (χ0n) is 17.5. The van der Waals surface area contributed by atoms with Gasteiger partial charge in [0, 0.05) is 11.6 Å². The van der Waals surface area contributed by atoms with Gasteiger partial charge in [0.05, 0.1) is 13.7 Å². The quantitative estimate of drug-likeness (QED) is 0.402. The fraction of sp³-hybridized carbons (Fsp3) is 0.280. The number of benzene rings is 3. The van der Waals surface area contributed by atoms with Gasteiger partial charge >= 0.3 is 0 Å². The summed E-state index contributed by atoms with van der Waals surface area (Å²) in [7, 11) is 1.68. The number of hydrogen-bond acceptors (Lipinski definition) is 4. The third-order valence-electron chi connectivity index (χ3n) is 4.69. The summed E-state index contributed by atoms with van der Waals surface area (Å²) in [5, 5.41) is 4.21. The van der Waals surface area contributed by atoms with Gasteiger partial charge in [0.1, 0.15) is 12.4 Å². The number of nitrogens with one attached hydrogen (secondary N) is 1. The van der Waals surface area contributed by atoms with Gasteiger partial charge in [0.25, 0.3) is 0 Å². The van der Waals surface area contributed by atoms with Crippen molar-refractivity contribution in [2.75, 3.05) is 20.3 Å². The first kappa shape index (κ1) is 22.0. The highest BCUT2D eigenvalue weighted by molar-refractivity contribution is 6.30. The number of methoxy groups -OCH3 is 1. The van der Waals surface area contributed by atoms with Crippen LogP contribution in [0.25, 0.3) is 0 Å². The van der Waals surface area contributed by atoms with Crippen molar-refractivity contribution in [3.8, 4) is 17.2 Å². The van der Waals surface area contributed by atoms with Crippen molar-refractivity contribution in [1.29, 1.82) is 0 Å². The van der Waals surface area contributed by atoms with Gasteiger partial charge in [-0.05, 0) is 73.0 Å². The topological polar surface area (TPSA) is 39.7 Å². The summed E-state index contributed by atoms with van der Waals surface area (Å²) in [6, 6.07) is 21.9. The predicted octanol–water partition coefficient (Wildman–Crippen LogP) is 5.66. The zero-order chi connectivity index (χ0) is 21.2. The standard InChI is InChI=1S/C25H28ClNO3/c1-3-29-25-16-21(17-27-15-14-19-6-11-23(28-2)12-7-19)8-13-24(25)30-18-20-4-9-22(26)10-5-20/h4-13,16,27H,3,14-15,17-18H2,1-2H3. The Morgan fingerprint density at radius 2 is 1.50 bits per heavy atom. The number of ether oxygens (including phenoxy) is 3. The average molecular weight is 426 g/mol. The maximum atomic E-state index is 5.97. The van der Waals surface area contributed by atoms with Crippen LogP contribution in [0.2, 0.25) is 5.02 Å². The van der Waals surface area contributed by atoms with Crippen LogP contribution < -0.4 is 19.5 Å². The minimum atomic E-state index is 0.469.